The van der Waals surface area contributed by atoms with Crippen molar-refractivity contribution in [1.29, 1.82) is 0 Å². The molecule has 0 aliphatic rings. The number of carbonyl (C=O) groups is 2. The van der Waals surface area contributed by atoms with E-state index in [1.807, 2.05) is 6.07 Å². The SMILES string of the molecule is COC(=O)c1ccccc1-c1ccc(/C=N\NC(=O)c2ccccc2)o1. The molecule has 0 saturated carbocycles. The topological polar surface area (TPSA) is 80.9 Å². The largest absolute Gasteiger partial charge is 0.465 e. The van der Waals surface area contributed by atoms with Crippen LogP contribution < -0.4 is 5.43 Å². The van der Waals surface area contributed by atoms with Crippen molar-refractivity contribution in [2.45, 2.75) is 0 Å². The Kier molecular flexibility index (Phi) is 5.24. The highest BCUT2D eigenvalue weighted by Crippen LogP contribution is 2.25. The van der Waals surface area contributed by atoms with Crippen LogP contribution in [0.5, 0.6) is 0 Å². The molecular formula is C20H16N2O4. The number of esters is 1. The third kappa shape index (κ3) is 3.87. The summed E-state index contributed by atoms with van der Waals surface area (Å²) in [6.45, 7) is 0. The van der Waals surface area contributed by atoms with Crippen molar-refractivity contribution in [2.75, 3.05) is 7.11 Å². The number of hydrogen-bond acceptors (Lipinski definition) is 5. The minimum absolute atomic E-state index is 0.315. The van der Waals surface area contributed by atoms with Crippen molar-refractivity contribution in [3.05, 3.63) is 83.6 Å². The summed E-state index contributed by atoms with van der Waals surface area (Å²) in [6.07, 6.45) is 1.39. The molecule has 6 nitrogen and oxygen atoms in total. The van der Waals surface area contributed by atoms with Crippen molar-refractivity contribution in [3.8, 4) is 11.3 Å². The molecule has 0 atom stereocenters. The van der Waals surface area contributed by atoms with Gasteiger partial charge in [0.25, 0.3) is 5.91 Å². The molecule has 1 amide bonds. The van der Waals surface area contributed by atoms with Gasteiger partial charge in [0.1, 0.15) is 11.5 Å². The number of hydrazone groups is 1. The molecule has 0 aliphatic heterocycles. The predicted molar refractivity (Wildman–Crippen MR) is 97.0 cm³/mol. The van der Waals surface area contributed by atoms with Crippen LogP contribution in [0.1, 0.15) is 26.5 Å². The second-order valence-electron chi connectivity index (χ2n) is 5.30. The fourth-order valence-electron chi connectivity index (χ4n) is 2.36. The van der Waals surface area contributed by atoms with E-state index in [2.05, 4.69) is 10.5 Å². The normalized spacial score (nSPS) is 10.7. The summed E-state index contributed by atoms with van der Waals surface area (Å²) in [6, 6.07) is 19.2. The third-order valence-electron chi connectivity index (χ3n) is 3.62. The van der Waals surface area contributed by atoms with Gasteiger partial charge in [0, 0.05) is 11.1 Å². The first-order valence-corrected chi connectivity index (χ1v) is 7.85. The Morgan fingerprint density at radius 1 is 1.00 bits per heavy atom. The van der Waals surface area contributed by atoms with E-state index in [4.69, 9.17) is 9.15 Å². The van der Waals surface area contributed by atoms with Crippen LogP contribution in [0, 0.1) is 0 Å². The highest BCUT2D eigenvalue weighted by Gasteiger charge is 2.15. The number of nitrogens with one attached hydrogen (secondary N) is 1. The van der Waals surface area contributed by atoms with E-state index in [0.29, 0.717) is 28.2 Å². The lowest BCUT2D eigenvalue weighted by Crippen LogP contribution is -2.17. The molecule has 1 N–H and O–H groups in total. The lowest BCUT2D eigenvalue weighted by Gasteiger charge is -2.04. The average molecular weight is 348 g/mol. The standard InChI is InChI=1S/C20H16N2O4/c1-25-20(24)17-10-6-5-9-16(17)18-12-11-15(26-18)13-21-22-19(23)14-7-3-2-4-8-14/h2-13H,1H3,(H,22,23)/b21-13-. The fourth-order valence-corrected chi connectivity index (χ4v) is 2.36. The van der Waals surface area contributed by atoms with Crippen LogP contribution in [0.2, 0.25) is 0 Å². The van der Waals surface area contributed by atoms with Gasteiger partial charge < -0.3 is 9.15 Å². The Balaban J connectivity index is 1.73. The minimum Gasteiger partial charge on any atom is -0.465 e. The first kappa shape index (κ1) is 17.2. The van der Waals surface area contributed by atoms with Crippen LogP contribution in [0.25, 0.3) is 11.3 Å². The molecular weight excluding hydrogens is 332 g/mol. The molecule has 3 rings (SSSR count). The van der Waals surface area contributed by atoms with Crippen molar-refractivity contribution in [2.24, 2.45) is 5.10 Å². The first-order chi connectivity index (χ1) is 12.7. The highest BCUT2D eigenvalue weighted by molar-refractivity contribution is 5.97. The van der Waals surface area contributed by atoms with E-state index < -0.39 is 5.97 Å². The maximum absolute atomic E-state index is 11.9. The lowest BCUT2D eigenvalue weighted by atomic mass is 10.1. The van der Waals surface area contributed by atoms with Crippen LogP contribution in [0.3, 0.4) is 0 Å². The molecule has 26 heavy (non-hydrogen) atoms. The number of ether oxygens (including phenoxy) is 1. The number of rotatable bonds is 5. The minimum atomic E-state index is -0.442. The molecule has 0 saturated heterocycles. The van der Waals surface area contributed by atoms with Gasteiger partial charge in [-0.3, -0.25) is 4.79 Å². The van der Waals surface area contributed by atoms with Crippen molar-refractivity contribution < 1.29 is 18.7 Å². The Morgan fingerprint density at radius 2 is 1.73 bits per heavy atom. The number of benzene rings is 2. The molecule has 0 radical (unpaired) electrons. The predicted octanol–water partition coefficient (Wildman–Crippen LogP) is 3.50. The van der Waals surface area contributed by atoms with Crippen molar-refractivity contribution in [1.82, 2.24) is 5.43 Å². The molecule has 1 heterocycles. The second-order valence-corrected chi connectivity index (χ2v) is 5.30. The zero-order valence-corrected chi connectivity index (χ0v) is 14.0. The Hall–Kier alpha value is -3.67. The Morgan fingerprint density at radius 3 is 2.50 bits per heavy atom. The summed E-state index contributed by atoms with van der Waals surface area (Å²) in [4.78, 5) is 23.8. The van der Waals surface area contributed by atoms with E-state index in [1.54, 1.807) is 60.7 Å². The first-order valence-electron chi connectivity index (χ1n) is 7.85. The maximum atomic E-state index is 11.9. The van der Waals surface area contributed by atoms with Crippen LogP contribution in [0.4, 0.5) is 0 Å². The maximum Gasteiger partial charge on any atom is 0.338 e. The highest BCUT2D eigenvalue weighted by atomic mass is 16.5. The molecule has 0 unspecified atom stereocenters. The van der Waals surface area contributed by atoms with Crippen LogP contribution in [-0.2, 0) is 4.74 Å². The van der Waals surface area contributed by atoms with Gasteiger partial charge in [-0.1, -0.05) is 36.4 Å². The number of amides is 1. The number of carbonyl (C=O) groups excluding carboxylic acids is 2. The summed E-state index contributed by atoms with van der Waals surface area (Å²) in [5.74, 6) is 0.182. The van der Waals surface area contributed by atoms with Crippen LogP contribution in [0.15, 0.2) is 76.2 Å². The summed E-state index contributed by atoms with van der Waals surface area (Å²) >= 11 is 0. The Bertz CT molecular complexity index is 945. The molecule has 130 valence electrons. The number of hydrogen-bond donors (Lipinski definition) is 1. The van der Waals surface area contributed by atoms with Crippen molar-refractivity contribution >= 4 is 18.1 Å². The van der Waals surface area contributed by atoms with Gasteiger partial charge in [0.05, 0.1) is 18.9 Å². The van der Waals surface area contributed by atoms with Gasteiger partial charge in [-0.25, -0.2) is 10.2 Å². The monoisotopic (exact) mass is 348 g/mol. The third-order valence-corrected chi connectivity index (χ3v) is 3.62. The van der Waals surface area contributed by atoms with Gasteiger partial charge in [-0.2, -0.15) is 5.10 Å². The lowest BCUT2D eigenvalue weighted by molar-refractivity contribution is 0.0601. The molecule has 2 aromatic carbocycles. The second kappa shape index (κ2) is 7.94. The Labute approximate surface area is 150 Å². The number of furan rings is 1. The summed E-state index contributed by atoms with van der Waals surface area (Å²) in [5, 5.41) is 3.89. The molecule has 0 spiro atoms. The zero-order valence-electron chi connectivity index (χ0n) is 14.0. The zero-order chi connectivity index (χ0) is 18.4. The summed E-state index contributed by atoms with van der Waals surface area (Å²) in [7, 11) is 1.33. The van der Waals surface area contributed by atoms with Crippen molar-refractivity contribution in [3.63, 3.8) is 0 Å². The quantitative estimate of drug-likeness (QED) is 0.435. The summed E-state index contributed by atoms with van der Waals surface area (Å²) in [5.41, 5.74) is 3.97. The van der Waals surface area contributed by atoms with Gasteiger partial charge >= 0.3 is 5.97 Å². The number of nitrogens with zero attached hydrogens (tertiary/aromatic N) is 1. The van der Waals surface area contributed by atoms with E-state index in [1.165, 1.54) is 13.3 Å². The number of methoxy groups -OCH3 is 1. The average Bonchev–Trinajstić information content (AvgIpc) is 3.16. The molecule has 6 heteroatoms. The van der Waals surface area contributed by atoms with E-state index >= 15 is 0 Å². The molecule has 0 bridgehead atoms. The molecule has 1 aromatic heterocycles. The van der Waals surface area contributed by atoms with Gasteiger partial charge in [-0.05, 0) is 30.3 Å². The smallest absolute Gasteiger partial charge is 0.338 e. The molecule has 0 fully saturated rings. The molecule has 0 aliphatic carbocycles. The van der Waals surface area contributed by atoms with Gasteiger partial charge in [0.2, 0.25) is 0 Å². The summed E-state index contributed by atoms with van der Waals surface area (Å²) < 4.78 is 10.5. The molecule has 3 aromatic rings. The van der Waals surface area contributed by atoms with E-state index in [0.717, 1.165) is 0 Å². The fraction of sp³-hybridized carbons (Fsp3) is 0.0500. The van der Waals surface area contributed by atoms with E-state index in [9.17, 15) is 9.59 Å². The van der Waals surface area contributed by atoms with Gasteiger partial charge in [-0.15, -0.1) is 0 Å². The van der Waals surface area contributed by atoms with Crippen LogP contribution >= 0.6 is 0 Å². The van der Waals surface area contributed by atoms with E-state index in [-0.39, 0.29) is 5.91 Å². The van der Waals surface area contributed by atoms with Gasteiger partial charge in [0.15, 0.2) is 0 Å². The van der Waals surface area contributed by atoms with Crippen LogP contribution in [-0.4, -0.2) is 25.2 Å².